The van der Waals surface area contributed by atoms with Crippen molar-refractivity contribution in [1.29, 1.82) is 0 Å². The molecular weight excluding hydrogens is 785 g/mol. The number of hydrogen-bond donors (Lipinski definition) is 2. The molecule has 0 saturated carbocycles. The topological polar surface area (TPSA) is 108 Å². The first kappa shape index (κ1) is 56.4. The molecule has 0 saturated heterocycles. The maximum Gasteiger partial charge on any atom is 0.307 e. The Labute approximate surface area is 387 Å². The monoisotopic (exact) mass is 883 g/mol. The molecule has 2 aliphatic rings. The lowest BCUT2D eigenvalue weighted by Crippen LogP contribution is -2.35. The predicted octanol–water partition coefficient (Wildman–Crippen LogP) is 11.9. The third kappa shape index (κ3) is 34.3. The van der Waals surface area contributed by atoms with E-state index in [-0.39, 0.29) is 25.2 Å². The quantitative estimate of drug-likeness (QED) is 0.0354. The highest BCUT2D eigenvalue weighted by molar-refractivity contribution is 5.84. The number of aliphatic imine (C=N–C) groups is 2. The number of nitrogens with one attached hydrogen (secondary N) is 2. The van der Waals surface area contributed by atoms with Crippen LogP contribution in [0.25, 0.3) is 0 Å². The van der Waals surface area contributed by atoms with E-state index >= 15 is 0 Å². The summed E-state index contributed by atoms with van der Waals surface area (Å²) >= 11 is 0. The SMILES string of the molecule is CCCCCCCC/C=C\CCCCCCCCN1CCN=C1CCNCCC(=O)OCCOC(=O)CCNCCN1CCN=C1CCCCCCC/C=C\CCCCCCCC. The van der Waals surface area contributed by atoms with E-state index in [1.165, 1.54) is 185 Å². The first-order chi connectivity index (χ1) is 31.1. The molecule has 2 N–H and O–H groups in total. The number of allylic oxidation sites excluding steroid dienone is 4. The Kier molecular flexibility index (Phi) is 38.7. The van der Waals surface area contributed by atoms with Crippen molar-refractivity contribution in [2.75, 3.05) is 78.7 Å². The third-order valence-electron chi connectivity index (χ3n) is 12.4. The van der Waals surface area contributed by atoms with Crippen LogP contribution in [0, 0.1) is 0 Å². The van der Waals surface area contributed by atoms with E-state index in [0.717, 1.165) is 65.2 Å². The van der Waals surface area contributed by atoms with Crippen molar-refractivity contribution in [3.63, 3.8) is 0 Å². The van der Waals surface area contributed by atoms with Crippen molar-refractivity contribution in [3.05, 3.63) is 24.3 Å². The van der Waals surface area contributed by atoms with E-state index in [0.29, 0.717) is 25.9 Å². The van der Waals surface area contributed by atoms with Gasteiger partial charge in [0.2, 0.25) is 0 Å². The number of hydrogen-bond acceptors (Lipinski definition) is 10. The number of esters is 2. The Balaban J connectivity index is 1.33. The minimum atomic E-state index is -0.276. The molecule has 10 nitrogen and oxygen atoms in total. The Morgan fingerprint density at radius 2 is 0.873 bits per heavy atom. The molecule has 10 heteroatoms. The zero-order valence-corrected chi connectivity index (χ0v) is 41.1. The lowest BCUT2D eigenvalue weighted by molar-refractivity contribution is -0.152. The van der Waals surface area contributed by atoms with E-state index in [2.05, 4.69) is 58.6 Å². The maximum absolute atomic E-state index is 12.2. The van der Waals surface area contributed by atoms with E-state index < -0.39 is 0 Å². The van der Waals surface area contributed by atoms with Crippen LogP contribution < -0.4 is 10.6 Å². The van der Waals surface area contributed by atoms with Crippen molar-refractivity contribution in [3.8, 4) is 0 Å². The van der Waals surface area contributed by atoms with Crippen molar-refractivity contribution in [2.24, 2.45) is 9.98 Å². The van der Waals surface area contributed by atoms with Crippen molar-refractivity contribution >= 4 is 23.6 Å². The Hall–Kier alpha value is -2.72. The van der Waals surface area contributed by atoms with Gasteiger partial charge in [0.15, 0.2) is 0 Å². The van der Waals surface area contributed by atoms with Gasteiger partial charge in [-0.2, -0.15) is 0 Å². The highest BCUT2D eigenvalue weighted by Crippen LogP contribution is 2.14. The average molecular weight is 883 g/mol. The molecule has 0 amide bonds. The third-order valence-corrected chi connectivity index (χ3v) is 12.4. The number of rotatable bonds is 46. The van der Waals surface area contributed by atoms with Gasteiger partial charge >= 0.3 is 11.9 Å². The molecule has 0 radical (unpaired) electrons. The second-order valence-electron chi connectivity index (χ2n) is 18.0. The van der Waals surface area contributed by atoms with Gasteiger partial charge < -0.3 is 29.9 Å². The molecule has 2 aliphatic heterocycles. The van der Waals surface area contributed by atoms with E-state index in [9.17, 15) is 9.59 Å². The first-order valence-electron chi connectivity index (χ1n) is 26.7. The summed E-state index contributed by atoms with van der Waals surface area (Å²) in [6.07, 6.45) is 48.0. The summed E-state index contributed by atoms with van der Waals surface area (Å²) in [6, 6.07) is 0. The van der Waals surface area contributed by atoms with E-state index in [4.69, 9.17) is 19.5 Å². The fourth-order valence-electron chi connectivity index (χ4n) is 8.42. The second kappa shape index (κ2) is 43.2. The van der Waals surface area contributed by atoms with Gasteiger partial charge in [-0.1, -0.05) is 147 Å². The minimum Gasteiger partial charge on any atom is -0.462 e. The first-order valence-corrected chi connectivity index (χ1v) is 26.7. The van der Waals surface area contributed by atoms with Gasteiger partial charge in [0, 0.05) is 65.2 Å². The second-order valence-corrected chi connectivity index (χ2v) is 18.0. The molecule has 2 rings (SSSR count). The zero-order valence-electron chi connectivity index (χ0n) is 41.1. The normalized spacial score (nSPS) is 14.1. The summed E-state index contributed by atoms with van der Waals surface area (Å²) in [6.45, 7) is 13.3. The molecule has 0 atom stereocenters. The zero-order chi connectivity index (χ0) is 44.9. The van der Waals surface area contributed by atoms with Gasteiger partial charge in [0.05, 0.1) is 31.8 Å². The fourth-order valence-corrected chi connectivity index (χ4v) is 8.42. The molecule has 2 heterocycles. The number of nitrogens with zero attached hydrogens (tertiary/aromatic N) is 4. The van der Waals surface area contributed by atoms with Gasteiger partial charge in [-0.25, -0.2) is 0 Å². The summed E-state index contributed by atoms with van der Waals surface area (Å²) in [5.74, 6) is 1.90. The summed E-state index contributed by atoms with van der Waals surface area (Å²) < 4.78 is 10.6. The average Bonchev–Trinajstić information content (AvgIpc) is 3.95. The molecule has 0 aliphatic carbocycles. The molecule has 364 valence electrons. The van der Waals surface area contributed by atoms with Gasteiger partial charge in [-0.15, -0.1) is 0 Å². The van der Waals surface area contributed by atoms with Crippen LogP contribution in [-0.4, -0.2) is 112 Å². The van der Waals surface area contributed by atoms with E-state index in [1.54, 1.807) is 0 Å². The van der Waals surface area contributed by atoms with Crippen LogP contribution in [0.1, 0.15) is 213 Å². The Morgan fingerprint density at radius 3 is 1.37 bits per heavy atom. The number of amidine groups is 2. The van der Waals surface area contributed by atoms with Crippen LogP contribution in [0.15, 0.2) is 34.3 Å². The number of ether oxygens (including phenoxy) is 2. The van der Waals surface area contributed by atoms with Crippen molar-refractivity contribution < 1.29 is 19.1 Å². The highest BCUT2D eigenvalue weighted by atomic mass is 16.6. The van der Waals surface area contributed by atoms with Crippen molar-refractivity contribution in [1.82, 2.24) is 20.4 Å². The fraction of sp³-hybridized carbons (Fsp3) is 0.849. The number of carbonyl (C=O) groups excluding carboxylic acids is 2. The summed E-state index contributed by atoms with van der Waals surface area (Å²) in [7, 11) is 0. The Bertz CT molecular complexity index is 1210. The van der Waals surface area contributed by atoms with Crippen LogP contribution in [0.5, 0.6) is 0 Å². The van der Waals surface area contributed by atoms with Crippen LogP contribution >= 0.6 is 0 Å². The van der Waals surface area contributed by atoms with Gasteiger partial charge in [0.1, 0.15) is 19.0 Å². The number of unbranched alkanes of at least 4 members (excludes halogenated alkanes) is 23. The lowest BCUT2D eigenvalue weighted by Gasteiger charge is -2.20. The highest BCUT2D eigenvalue weighted by Gasteiger charge is 2.17. The van der Waals surface area contributed by atoms with Gasteiger partial charge in [-0.05, 0) is 64.2 Å². The van der Waals surface area contributed by atoms with Crippen molar-refractivity contribution in [2.45, 2.75) is 213 Å². The lowest BCUT2D eigenvalue weighted by atomic mass is 10.1. The van der Waals surface area contributed by atoms with Crippen LogP contribution in [0.3, 0.4) is 0 Å². The molecule has 0 aromatic carbocycles. The molecule has 0 aromatic rings. The summed E-state index contributed by atoms with van der Waals surface area (Å²) in [4.78, 5) is 38.7. The van der Waals surface area contributed by atoms with Crippen LogP contribution in [0.2, 0.25) is 0 Å². The summed E-state index contributed by atoms with van der Waals surface area (Å²) in [5.41, 5.74) is 0. The molecule has 0 bridgehead atoms. The van der Waals surface area contributed by atoms with Crippen LogP contribution in [-0.2, 0) is 19.1 Å². The molecule has 0 spiro atoms. The van der Waals surface area contributed by atoms with Gasteiger partial charge in [0.25, 0.3) is 0 Å². The molecular formula is C53H98N6O4. The maximum atomic E-state index is 12.2. The Morgan fingerprint density at radius 1 is 0.476 bits per heavy atom. The van der Waals surface area contributed by atoms with Crippen LogP contribution in [0.4, 0.5) is 0 Å². The number of carbonyl (C=O) groups is 2. The van der Waals surface area contributed by atoms with E-state index in [1.807, 2.05) is 0 Å². The minimum absolute atomic E-state index is 0.0915. The smallest absolute Gasteiger partial charge is 0.307 e. The van der Waals surface area contributed by atoms with Gasteiger partial charge in [-0.3, -0.25) is 19.6 Å². The molecule has 0 aromatic heterocycles. The molecule has 63 heavy (non-hydrogen) atoms. The molecule has 0 fully saturated rings. The molecule has 0 unspecified atom stereocenters. The summed E-state index contributed by atoms with van der Waals surface area (Å²) in [5, 5.41) is 6.73. The largest absolute Gasteiger partial charge is 0.462 e. The predicted molar refractivity (Wildman–Crippen MR) is 268 cm³/mol. The standard InChI is InChI=1S/C53H98N6O4/c1-3-5-7-9-11-13-15-17-19-21-23-25-27-29-31-33-44-58-46-42-57-51(58)35-38-54-39-36-52(60)62-48-49-63-53(61)37-40-55-41-45-59-47-43-56-50(59)34-32-30-28-26-24-22-20-18-16-14-12-10-8-6-4-2/h17-20,54-55H,3-16,21-49H2,1-2H3/b19-17-,20-18-.